The molecule has 1 aromatic heterocycles. The van der Waals surface area contributed by atoms with Crippen LogP contribution in [0.3, 0.4) is 0 Å². The maximum Gasteiger partial charge on any atom is 0.230 e. The van der Waals surface area contributed by atoms with E-state index in [1.165, 1.54) is 16.4 Å². The number of hydrogen-bond donors (Lipinski definition) is 2. The molecular weight excluding hydrogens is 262 g/mol. The van der Waals surface area contributed by atoms with Crippen LogP contribution >= 0.6 is 11.8 Å². The topological polar surface area (TPSA) is 85.8 Å². The quantitative estimate of drug-likeness (QED) is 0.626. The molecule has 3 N–H and O–H groups in total. The third kappa shape index (κ3) is 3.25. The molecule has 19 heavy (non-hydrogen) atoms. The second-order valence-corrected chi connectivity index (χ2v) is 4.73. The molecule has 100 valence electrons. The smallest absolute Gasteiger partial charge is 0.230 e. The Kier molecular flexibility index (Phi) is 4.40. The molecular formula is C12H15N5OS. The number of hydrogen-bond acceptors (Lipinski definition) is 5. The van der Waals surface area contributed by atoms with Crippen LogP contribution < -0.4 is 11.2 Å². The lowest BCUT2D eigenvalue weighted by Crippen LogP contribution is -2.24. The molecule has 0 atom stereocenters. The second-order valence-electron chi connectivity index (χ2n) is 3.78. The van der Waals surface area contributed by atoms with Crippen molar-refractivity contribution in [1.82, 2.24) is 20.2 Å². The lowest BCUT2D eigenvalue weighted by atomic mass is 10.2. The molecule has 0 saturated carbocycles. The minimum Gasteiger partial charge on any atom is -0.356 e. The number of nitrogens with one attached hydrogen (secondary N) is 1. The van der Waals surface area contributed by atoms with Gasteiger partial charge in [0.25, 0.3) is 0 Å². The van der Waals surface area contributed by atoms with Gasteiger partial charge in [0.05, 0.1) is 5.75 Å². The molecule has 0 aliphatic carbocycles. The van der Waals surface area contributed by atoms with E-state index in [4.69, 9.17) is 5.84 Å². The van der Waals surface area contributed by atoms with Crippen LogP contribution in [0.5, 0.6) is 0 Å². The fourth-order valence-corrected chi connectivity index (χ4v) is 2.22. The lowest BCUT2D eigenvalue weighted by Gasteiger charge is -2.03. The van der Waals surface area contributed by atoms with Gasteiger partial charge in [0, 0.05) is 12.1 Å². The van der Waals surface area contributed by atoms with Crippen molar-refractivity contribution in [2.45, 2.75) is 12.1 Å². The molecule has 0 fully saturated rings. The van der Waals surface area contributed by atoms with Gasteiger partial charge in [-0.2, -0.15) is 0 Å². The highest BCUT2D eigenvalue weighted by Gasteiger charge is 2.12. The summed E-state index contributed by atoms with van der Waals surface area (Å²) in [7, 11) is 0. The number of nitrogens with two attached hydrogens (primary N) is 1. The van der Waals surface area contributed by atoms with Gasteiger partial charge in [0.1, 0.15) is 0 Å². The van der Waals surface area contributed by atoms with E-state index >= 15 is 0 Å². The van der Waals surface area contributed by atoms with Gasteiger partial charge in [-0.3, -0.25) is 4.79 Å². The van der Waals surface area contributed by atoms with E-state index in [2.05, 4.69) is 15.5 Å². The number of amides is 1. The number of thioether (sulfide) groups is 1. The van der Waals surface area contributed by atoms with Crippen molar-refractivity contribution in [2.75, 3.05) is 18.1 Å². The van der Waals surface area contributed by atoms with Gasteiger partial charge >= 0.3 is 0 Å². The Balaban J connectivity index is 2.09. The van der Waals surface area contributed by atoms with Crippen molar-refractivity contribution in [3.63, 3.8) is 0 Å². The molecule has 0 saturated heterocycles. The van der Waals surface area contributed by atoms with Gasteiger partial charge in [0.15, 0.2) is 5.82 Å². The second kappa shape index (κ2) is 6.24. The Morgan fingerprint density at radius 3 is 2.79 bits per heavy atom. The van der Waals surface area contributed by atoms with E-state index in [1.807, 2.05) is 37.3 Å². The summed E-state index contributed by atoms with van der Waals surface area (Å²) in [6, 6.07) is 9.56. The summed E-state index contributed by atoms with van der Waals surface area (Å²) in [5, 5.41) is 11.3. The summed E-state index contributed by atoms with van der Waals surface area (Å²) in [5.41, 5.74) is 0.891. The predicted octanol–water partition coefficient (Wildman–Crippen LogP) is 0.887. The van der Waals surface area contributed by atoms with Crippen molar-refractivity contribution in [1.29, 1.82) is 0 Å². The summed E-state index contributed by atoms with van der Waals surface area (Å²) < 4.78 is 1.40. The molecule has 0 aliphatic heterocycles. The molecule has 0 aliphatic rings. The average molecular weight is 277 g/mol. The van der Waals surface area contributed by atoms with Crippen LogP contribution in [-0.4, -0.2) is 33.1 Å². The van der Waals surface area contributed by atoms with Crippen LogP contribution in [0.25, 0.3) is 11.4 Å². The summed E-state index contributed by atoms with van der Waals surface area (Å²) in [6.07, 6.45) is 0. The lowest BCUT2D eigenvalue weighted by molar-refractivity contribution is -0.118. The first-order valence-corrected chi connectivity index (χ1v) is 6.86. The van der Waals surface area contributed by atoms with Crippen molar-refractivity contribution < 1.29 is 4.79 Å². The van der Waals surface area contributed by atoms with Crippen molar-refractivity contribution in [3.05, 3.63) is 30.3 Å². The van der Waals surface area contributed by atoms with Crippen molar-refractivity contribution in [2.24, 2.45) is 0 Å². The number of benzene rings is 1. The van der Waals surface area contributed by atoms with E-state index < -0.39 is 0 Å². The van der Waals surface area contributed by atoms with Gasteiger partial charge in [0.2, 0.25) is 11.1 Å². The number of nitrogen functional groups attached to an aromatic ring is 1. The third-order valence-corrected chi connectivity index (χ3v) is 3.35. The minimum absolute atomic E-state index is 0.0447. The van der Waals surface area contributed by atoms with Crippen LogP contribution in [0.2, 0.25) is 0 Å². The Morgan fingerprint density at radius 2 is 2.11 bits per heavy atom. The maximum absolute atomic E-state index is 11.4. The zero-order valence-corrected chi connectivity index (χ0v) is 11.4. The van der Waals surface area contributed by atoms with E-state index in [1.54, 1.807) is 0 Å². The fraction of sp³-hybridized carbons (Fsp3) is 0.250. The first-order valence-electron chi connectivity index (χ1n) is 5.87. The molecule has 0 unspecified atom stereocenters. The summed E-state index contributed by atoms with van der Waals surface area (Å²) in [5.74, 6) is 6.75. The normalized spacial score (nSPS) is 10.4. The zero-order valence-electron chi connectivity index (χ0n) is 10.5. The van der Waals surface area contributed by atoms with E-state index in [0.29, 0.717) is 17.5 Å². The summed E-state index contributed by atoms with van der Waals surface area (Å²) in [4.78, 5) is 11.4. The van der Waals surface area contributed by atoms with Gasteiger partial charge in [-0.15, -0.1) is 10.2 Å². The molecule has 0 bridgehead atoms. The van der Waals surface area contributed by atoms with Gasteiger partial charge in [-0.25, -0.2) is 4.68 Å². The number of nitrogens with zero attached hydrogens (tertiary/aromatic N) is 3. The Bertz CT molecular complexity index is 555. The summed E-state index contributed by atoms with van der Waals surface area (Å²) in [6.45, 7) is 2.49. The van der Waals surface area contributed by atoms with Crippen molar-refractivity contribution in [3.8, 4) is 11.4 Å². The van der Waals surface area contributed by atoms with E-state index in [0.717, 1.165) is 5.56 Å². The zero-order chi connectivity index (χ0) is 13.7. The molecule has 1 heterocycles. The Labute approximate surface area is 115 Å². The molecule has 1 amide bonds. The largest absolute Gasteiger partial charge is 0.356 e. The highest BCUT2D eigenvalue weighted by molar-refractivity contribution is 7.99. The molecule has 7 heteroatoms. The van der Waals surface area contributed by atoms with Crippen LogP contribution in [0.1, 0.15) is 6.92 Å². The summed E-state index contributed by atoms with van der Waals surface area (Å²) >= 11 is 1.26. The third-order valence-electron chi connectivity index (χ3n) is 2.40. The standard InChI is InChI=1S/C12H15N5OS/c1-2-14-10(18)8-19-12-16-15-11(17(12)13)9-6-4-3-5-7-9/h3-7H,2,8,13H2,1H3,(H,14,18). The van der Waals surface area contributed by atoms with E-state index in [9.17, 15) is 4.79 Å². The number of carbonyl (C=O) groups is 1. The highest BCUT2D eigenvalue weighted by atomic mass is 32.2. The fourth-order valence-electron chi connectivity index (χ4n) is 1.54. The average Bonchev–Trinajstić information content (AvgIpc) is 2.79. The first-order chi connectivity index (χ1) is 9.22. The predicted molar refractivity (Wildman–Crippen MR) is 75.0 cm³/mol. The Hall–Kier alpha value is -2.02. The van der Waals surface area contributed by atoms with Crippen LogP contribution in [0.15, 0.2) is 35.5 Å². The molecule has 2 aromatic rings. The number of aromatic nitrogens is 3. The number of carbonyl (C=O) groups excluding carboxylic acids is 1. The van der Waals surface area contributed by atoms with Crippen LogP contribution in [-0.2, 0) is 4.79 Å². The molecule has 0 radical (unpaired) electrons. The minimum atomic E-state index is -0.0447. The molecule has 1 aromatic carbocycles. The van der Waals surface area contributed by atoms with E-state index in [-0.39, 0.29) is 11.7 Å². The van der Waals surface area contributed by atoms with Crippen LogP contribution in [0.4, 0.5) is 0 Å². The molecule has 6 nitrogen and oxygen atoms in total. The maximum atomic E-state index is 11.4. The molecule has 0 spiro atoms. The van der Waals surface area contributed by atoms with Gasteiger partial charge in [-0.05, 0) is 6.92 Å². The highest BCUT2D eigenvalue weighted by Crippen LogP contribution is 2.20. The van der Waals surface area contributed by atoms with Gasteiger partial charge in [-0.1, -0.05) is 42.1 Å². The number of rotatable bonds is 5. The van der Waals surface area contributed by atoms with Gasteiger partial charge < -0.3 is 11.2 Å². The Morgan fingerprint density at radius 1 is 1.37 bits per heavy atom. The molecule has 2 rings (SSSR count). The first kappa shape index (κ1) is 13.4. The SMILES string of the molecule is CCNC(=O)CSc1nnc(-c2ccccc2)n1N. The van der Waals surface area contributed by atoms with Crippen molar-refractivity contribution >= 4 is 17.7 Å². The monoisotopic (exact) mass is 277 g/mol. The van der Waals surface area contributed by atoms with Crippen LogP contribution in [0, 0.1) is 0 Å².